The predicted molar refractivity (Wildman–Crippen MR) is 305 cm³/mol. The van der Waals surface area contributed by atoms with Crippen LogP contribution in [0.2, 0.25) is 0 Å². The second-order valence-electron chi connectivity index (χ2n) is 24.0. The van der Waals surface area contributed by atoms with Crippen molar-refractivity contribution in [1.29, 1.82) is 0 Å². The van der Waals surface area contributed by atoms with E-state index in [1.54, 1.807) is 0 Å². The third-order valence-corrected chi connectivity index (χ3v) is 15.0. The van der Waals surface area contributed by atoms with E-state index in [0.717, 1.165) is 28.4 Å². The molecular weight excluding hydrogens is 846 g/mol. The molecule has 348 valence electrons. The summed E-state index contributed by atoms with van der Waals surface area (Å²) < 4.78 is 0. The Kier molecular flexibility index (Phi) is 10.6. The largest absolute Gasteiger partial charge is 0.311 e. The van der Waals surface area contributed by atoms with Gasteiger partial charge in [-0.3, -0.25) is 0 Å². The molecular formula is C66H66BN3. The van der Waals surface area contributed by atoms with Gasteiger partial charge in [-0.1, -0.05) is 204 Å². The quantitative estimate of drug-likeness (QED) is 0.159. The van der Waals surface area contributed by atoms with Gasteiger partial charge in [-0.2, -0.15) is 0 Å². The Balaban J connectivity index is 1.30. The van der Waals surface area contributed by atoms with E-state index < -0.39 is 0 Å². The molecule has 0 saturated heterocycles. The van der Waals surface area contributed by atoms with Crippen molar-refractivity contribution in [2.45, 2.75) is 105 Å². The number of rotatable bonds is 5. The first kappa shape index (κ1) is 45.4. The van der Waals surface area contributed by atoms with Crippen molar-refractivity contribution in [1.82, 2.24) is 0 Å². The smallest absolute Gasteiger partial charge is 0.252 e. The van der Waals surface area contributed by atoms with Crippen LogP contribution in [0.1, 0.15) is 105 Å². The molecule has 0 bridgehead atoms. The van der Waals surface area contributed by atoms with Crippen LogP contribution in [0.5, 0.6) is 0 Å². The molecule has 0 aromatic heterocycles. The molecule has 70 heavy (non-hydrogen) atoms. The van der Waals surface area contributed by atoms with E-state index in [2.05, 4.69) is 280 Å². The number of hydrogen-bond donors (Lipinski definition) is 0. The second-order valence-corrected chi connectivity index (χ2v) is 24.0. The summed E-state index contributed by atoms with van der Waals surface area (Å²) in [5.41, 5.74) is 19.7. The molecule has 0 radical (unpaired) electrons. The van der Waals surface area contributed by atoms with Crippen molar-refractivity contribution in [3.05, 3.63) is 204 Å². The highest BCUT2D eigenvalue weighted by molar-refractivity contribution is 7.00. The third-order valence-electron chi connectivity index (χ3n) is 15.0. The van der Waals surface area contributed by atoms with Crippen molar-refractivity contribution >= 4 is 95.8 Å². The lowest BCUT2D eigenvalue weighted by molar-refractivity contribution is 0.590. The van der Waals surface area contributed by atoms with E-state index in [1.807, 2.05) is 0 Å². The van der Waals surface area contributed by atoms with Gasteiger partial charge in [0.1, 0.15) is 0 Å². The van der Waals surface area contributed by atoms with Crippen LogP contribution in [0.15, 0.2) is 182 Å². The van der Waals surface area contributed by atoms with Crippen molar-refractivity contribution in [3.8, 4) is 0 Å². The minimum atomic E-state index is -0.0514. The van der Waals surface area contributed by atoms with Crippen LogP contribution in [-0.4, -0.2) is 6.71 Å². The molecule has 2 aliphatic rings. The van der Waals surface area contributed by atoms with Gasteiger partial charge in [-0.15, -0.1) is 0 Å². The first-order chi connectivity index (χ1) is 33.3. The van der Waals surface area contributed by atoms with Crippen molar-refractivity contribution in [2.75, 3.05) is 14.7 Å². The van der Waals surface area contributed by atoms with Crippen molar-refractivity contribution in [2.24, 2.45) is 0 Å². The fourth-order valence-electron chi connectivity index (χ4n) is 11.0. The Morgan fingerprint density at radius 1 is 0.343 bits per heavy atom. The minimum absolute atomic E-state index is 0.0129. The number of anilines is 9. The molecule has 9 aromatic rings. The van der Waals surface area contributed by atoms with Crippen LogP contribution in [0.4, 0.5) is 51.2 Å². The van der Waals surface area contributed by atoms with Crippen LogP contribution >= 0.6 is 0 Å². The van der Waals surface area contributed by atoms with Crippen LogP contribution < -0.4 is 31.1 Å². The molecule has 2 aliphatic heterocycles. The van der Waals surface area contributed by atoms with Crippen LogP contribution in [0, 0.1) is 0 Å². The highest BCUT2D eigenvalue weighted by atomic mass is 15.2. The summed E-state index contributed by atoms with van der Waals surface area (Å²) >= 11 is 0. The molecule has 11 rings (SSSR count). The fourth-order valence-corrected chi connectivity index (χ4v) is 11.0. The van der Waals surface area contributed by atoms with E-state index in [9.17, 15) is 0 Å². The lowest BCUT2D eigenvalue weighted by Crippen LogP contribution is -2.61. The third kappa shape index (κ3) is 7.68. The van der Waals surface area contributed by atoms with Crippen LogP contribution in [0.3, 0.4) is 0 Å². The molecule has 0 fully saturated rings. The topological polar surface area (TPSA) is 9.72 Å². The van der Waals surface area contributed by atoms with E-state index in [1.165, 1.54) is 82.9 Å². The number of fused-ring (bicyclic) bond motifs is 6. The molecule has 0 unspecified atom stereocenters. The summed E-state index contributed by atoms with van der Waals surface area (Å²) in [5, 5.41) is 4.81. The highest BCUT2D eigenvalue weighted by Crippen LogP contribution is 2.50. The Hall–Kier alpha value is -7.04. The van der Waals surface area contributed by atoms with Gasteiger partial charge in [0.15, 0.2) is 0 Å². The first-order valence-electron chi connectivity index (χ1n) is 25.3. The first-order valence-corrected chi connectivity index (χ1v) is 25.3. The minimum Gasteiger partial charge on any atom is -0.311 e. The number of benzene rings is 9. The zero-order chi connectivity index (χ0) is 49.1. The SMILES string of the molecule is CC(C)(C)c1ccc(N2c3ccc(C(C)(C)C)cc3B3c4cc(C(C)(C)C)ccc4N(c4ccc(C(C)(C)C)cc4)c4cc(N(c5cccc6ccccc56)c5cccc6ccccc56)cc2c43)cc1. The van der Waals surface area contributed by atoms with Crippen molar-refractivity contribution < 1.29 is 0 Å². The maximum atomic E-state index is 2.58. The zero-order valence-electron chi connectivity index (χ0n) is 43.2. The van der Waals surface area contributed by atoms with Gasteiger partial charge in [-0.25, -0.2) is 0 Å². The molecule has 0 saturated carbocycles. The van der Waals surface area contributed by atoms with E-state index in [0.29, 0.717) is 0 Å². The highest BCUT2D eigenvalue weighted by Gasteiger charge is 2.45. The summed E-state index contributed by atoms with van der Waals surface area (Å²) in [4.78, 5) is 7.70. The molecule has 0 spiro atoms. The molecule has 0 atom stereocenters. The summed E-state index contributed by atoms with van der Waals surface area (Å²) in [5.74, 6) is 0. The predicted octanol–water partition coefficient (Wildman–Crippen LogP) is 16.7. The second kappa shape index (κ2) is 16.3. The van der Waals surface area contributed by atoms with E-state index in [-0.39, 0.29) is 28.4 Å². The Bertz CT molecular complexity index is 3240. The van der Waals surface area contributed by atoms with Gasteiger partial charge in [-0.05, 0) is 132 Å². The molecule has 0 amide bonds. The molecule has 0 N–H and O–H groups in total. The van der Waals surface area contributed by atoms with Crippen molar-refractivity contribution in [3.63, 3.8) is 0 Å². The molecule has 4 heteroatoms. The van der Waals surface area contributed by atoms with E-state index >= 15 is 0 Å². The van der Waals surface area contributed by atoms with Gasteiger partial charge >= 0.3 is 0 Å². The number of hydrogen-bond acceptors (Lipinski definition) is 3. The van der Waals surface area contributed by atoms with Gasteiger partial charge < -0.3 is 14.7 Å². The Morgan fingerprint density at radius 2 is 0.700 bits per heavy atom. The monoisotopic (exact) mass is 912 g/mol. The van der Waals surface area contributed by atoms with E-state index in [4.69, 9.17) is 0 Å². The normalized spacial score (nSPS) is 13.6. The average Bonchev–Trinajstić information content (AvgIpc) is 3.33. The maximum Gasteiger partial charge on any atom is 0.252 e. The van der Waals surface area contributed by atoms with Gasteiger partial charge in [0, 0.05) is 44.9 Å². The lowest BCUT2D eigenvalue weighted by atomic mass is 9.33. The van der Waals surface area contributed by atoms with Gasteiger partial charge in [0.2, 0.25) is 0 Å². The molecule has 3 nitrogen and oxygen atoms in total. The summed E-state index contributed by atoms with van der Waals surface area (Å²) in [6.45, 7) is 27.8. The fraction of sp³-hybridized carbons (Fsp3) is 0.242. The summed E-state index contributed by atoms with van der Waals surface area (Å²) in [7, 11) is 0. The lowest BCUT2D eigenvalue weighted by Gasteiger charge is -2.45. The summed E-state index contributed by atoms with van der Waals surface area (Å²) in [6, 6.07) is 69.6. The van der Waals surface area contributed by atoms with Crippen LogP contribution in [-0.2, 0) is 21.7 Å². The standard InChI is InChI=1S/C66H66BN3/c1-63(2,3)45-27-33-49(34-28-45)68-58-37-31-47(65(7,8)9)39-54(58)67-55-40-48(66(10,11)12)32-38-59(55)69(50-35-29-46(30-36-50)64(4,5)6)61-42-51(41-60(68)62(61)67)70(56-25-17-21-43-19-13-15-23-52(43)56)57-26-18-22-44-20-14-16-24-53(44)57/h13-42H,1-12H3. The summed E-state index contributed by atoms with van der Waals surface area (Å²) in [6.07, 6.45) is 0. The number of nitrogens with zero attached hydrogens (tertiary/aromatic N) is 3. The average molecular weight is 912 g/mol. The Morgan fingerprint density at radius 3 is 1.09 bits per heavy atom. The van der Waals surface area contributed by atoms with Gasteiger partial charge in [0.05, 0.1) is 17.1 Å². The Labute approximate surface area is 417 Å². The maximum absolute atomic E-state index is 2.58. The molecule has 9 aromatic carbocycles. The molecule has 2 heterocycles. The van der Waals surface area contributed by atoms with Gasteiger partial charge in [0.25, 0.3) is 6.71 Å². The van der Waals surface area contributed by atoms with Crippen LogP contribution in [0.25, 0.3) is 21.5 Å². The molecule has 0 aliphatic carbocycles. The zero-order valence-corrected chi connectivity index (χ0v) is 43.2.